The van der Waals surface area contributed by atoms with E-state index in [2.05, 4.69) is 4.90 Å². The normalized spacial score (nSPS) is 11.1. The number of nitrogens with zero attached hydrogens (tertiary/aromatic N) is 2. The summed E-state index contributed by atoms with van der Waals surface area (Å²) in [6.45, 7) is 0. The molecule has 0 radical (unpaired) electrons. The number of carbonyl (C=O) groups is 1. The molecule has 184 valence electrons. The fourth-order valence-corrected chi connectivity index (χ4v) is 5.08. The standard InChI is InChI=1S/C33H24N2O3/c1-34-28-19-11-10-18-27(28)32(37)30(33(34)38)31(36)26-20-21-29(25-17-9-8-16-24(25)26)35(22-12-4-2-5-13-22)23-14-6-3-7-15-23/h2-21,37H,1H3. The minimum Gasteiger partial charge on any atom is -0.506 e. The van der Waals surface area contributed by atoms with Crippen LogP contribution in [0, 0.1) is 0 Å². The van der Waals surface area contributed by atoms with Gasteiger partial charge in [-0.2, -0.15) is 0 Å². The molecule has 0 amide bonds. The average molecular weight is 497 g/mol. The third-order valence-electron chi connectivity index (χ3n) is 6.92. The van der Waals surface area contributed by atoms with Gasteiger partial charge in [0.15, 0.2) is 0 Å². The number of ketones is 1. The summed E-state index contributed by atoms with van der Waals surface area (Å²) in [4.78, 5) is 29.3. The summed E-state index contributed by atoms with van der Waals surface area (Å²) in [5.41, 5.74) is 3.00. The van der Waals surface area contributed by atoms with Gasteiger partial charge in [0.1, 0.15) is 11.3 Å². The van der Waals surface area contributed by atoms with Gasteiger partial charge in [0, 0.05) is 34.8 Å². The van der Waals surface area contributed by atoms with E-state index in [1.165, 1.54) is 4.57 Å². The molecule has 5 heteroatoms. The lowest BCUT2D eigenvalue weighted by Gasteiger charge is -2.27. The van der Waals surface area contributed by atoms with Gasteiger partial charge < -0.3 is 14.6 Å². The summed E-state index contributed by atoms with van der Waals surface area (Å²) in [5.74, 6) is -0.806. The Morgan fingerprint density at radius 2 is 1.18 bits per heavy atom. The van der Waals surface area contributed by atoms with Gasteiger partial charge in [-0.3, -0.25) is 9.59 Å². The molecule has 0 fully saturated rings. The first-order valence-corrected chi connectivity index (χ1v) is 12.3. The van der Waals surface area contributed by atoms with Crippen LogP contribution in [0.15, 0.2) is 126 Å². The van der Waals surface area contributed by atoms with Crippen LogP contribution in [-0.2, 0) is 7.05 Å². The number of hydrogen-bond donors (Lipinski definition) is 1. The summed E-state index contributed by atoms with van der Waals surface area (Å²) in [5, 5.41) is 13.1. The van der Waals surface area contributed by atoms with Crippen LogP contribution < -0.4 is 10.5 Å². The number of hydrogen-bond acceptors (Lipinski definition) is 4. The van der Waals surface area contributed by atoms with Gasteiger partial charge in [0.25, 0.3) is 5.56 Å². The SMILES string of the molecule is Cn1c(=O)c(C(=O)c2ccc(N(c3ccccc3)c3ccccc3)c3ccccc23)c(O)c2ccccc21. The van der Waals surface area contributed by atoms with E-state index in [1.54, 1.807) is 37.4 Å². The van der Waals surface area contributed by atoms with Gasteiger partial charge in [-0.1, -0.05) is 72.8 Å². The molecule has 0 unspecified atom stereocenters. The Balaban J connectivity index is 1.58. The molecular formula is C33H24N2O3. The molecule has 1 heterocycles. The van der Waals surface area contributed by atoms with Crippen LogP contribution >= 0.6 is 0 Å². The van der Waals surface area contributed by atoms with Gasteiger partial charge in [0.05, 0.1) is 11.2 Å². The third-order valence-corrected chi connectivity index (χ3v) is 6.92. The van der Waals surface area contributed by atoms with Gasteiger partial charge in [0.2, 0.25) is 5.78 Å². The van der Waals surface area contributed by atoms with Crippen LogP contribution in [0.2, 0.25) is 0 Å². The summed E-state index contributed by atoms with van der Waals surface area (Å²) in [7, 11) is 1.61. The highest BCUT2D eigenvalue weighted by molar-refractivity contribution is 6.20. The lowest BCUT2D eigenvalue weighted by Crippen LogP contribution is -2.25. The highest BCUT2D eigenvalue weighted by atomic mass is 16.3. The molecule has 6 aromatic rings. The number of fused-ring (bicyclic) bond motifs is 2. The number of aryl methyl sites for hydroxylation is 1. The molecule has 38 heavy (non-hydrogen) atoms. The maximum atomic E-state index is 13.9. The van der Waals surface area contributed by atoms with E-state index in [1.807, 2.05) is 91.0 Å². The molecule has 0 aliphatic rings. The number of para-hydroxylation sites is 3. The van der Waals surface area contributed by atoms with Crippen molar-refractivity contribution in [1.82, 2.24) is 4.57 Å². The topological polar surface area (TPSA) is 62.5 Å². The first kappa shape index (κ1) is 23.3. The minimum atomic E-state index is -0.533. The fraction of sp³-hybridized carbons (Fsp3) is 0.0303. The largest absolute Gasteiger partial charge is 0.506 e. The van der Waals surface area contributed by atoms with Crippen molar-refractivity contribution < 1.29 is 9.90 Å². The number of aromatic nitrogens is 1. The Bertz CT molecular complexity index is 1840. The number of carbonyl (C=O) groups excluding carboxylic acids is 1. The quantitative estimate of drug-likeness (QED) is 0.259. The van der Waals surface area contributed by atoms with Crippen LogP contribution in [0.3, 0.4) is 0 Å². The second-order valence-electron chi connectivity index (χ2n) is 9.12. The molecule has 0 aliphatic carbocycles. The van der Waals surface area contributed by atoms with Crippen molar-refractivity contribution in [2.75, 3.05) is 4.90 Å². The Morgan fingerprint density at radius 3 is 1.82 bits per heavy atom. The minimum absolute atomic E-state index is 0.230. The summed E-state index contributed by atoms with van der Waals surface area (Å²) in [6, 6.07) is 38.4. The van der Waals surface area contributed by atoms with E-state index in [0.29, 0.717) is 21.9 Å². The highest BCUT2D eigenvalue weighted by Crippen LogP contribution is 2.40. The summed E-state index contributed by atoms with van der Waals surface area (Å²) >= 11 is 0. The fourth-order valence-electron chi connectivity index (χ4n) is 5.08. The molecule has 5 aromatic carbocycles. The average Bonchev–Trinajstić information content (AvgIpc) is 2.97. The molecule has 1 N–H and O–H groups in total. The molecule has 6 rings (SSSR count). The Kier molecular flexibility index (Phi) is 5.74. The molecule has 0 saturated heterocycles. The van der Waals surface area contributed by atoms with E-state index < -0.39 is 11.3 Å². The van der Waals surface area contributed by atoms with Crippen LogP contribution in [0.25, 0.3) is 21.7 Å². The first-order valence-electron chi connectivity index (χ1n) is 12.3. The van der Waals surface area contributed by atoms with Gasteiger partial charge in [-0.05, 0) is 53.9 Å². The Morgan fingerprint density at radius 1 is 0.658 bits per heavy atom. The number of rotatable bonds is 5. The van der Waals surface area contributed by atoms with Crippen molar-refractivity contribution in [2.45, 2.75) is 0 Å². The zero-order chi connectivity index (χ0) is 26.2. The van der Waals surface area contributed by atoms with E-state index in [0.717, 1.165) is 22.4 Å². The highest BCUT2D eigenvalue weighted by Gasteiger charge is 2.25. The van der Waals surface area contributed by atoms with Crippen molar-refractivity contribution in [3.8, 4) is 5.75 Å². The van der Waals surface area contributed by atoms with Crippen LogP contribution in [-0.4, -0.2) is 15.5 Å². The van der Waals surface area contributed by atoms with E-state index >= 15 is 0 Å². The first-order chi connectivity index (χ1) is 18.6. The lowest BCUT2D eigenvalue weighted by atomic mass is 9.94. The molecule has 0 aliphatic heterocycles. The van der Waals surface area contributed by atoms with Crippen LogP contribution in [0.4, 0.5) is 17.1 Å². The summed E-state index contributed by atoms with van der Waals surface area (Å²) < 4.78 is 1.41. The second kappa shape index (κ2) is 9.37. The van der Waals surface area contributed by atoms with Crippen molar-refractivity contribution in [1.29, 1.82) is 0 Å². The zero-order valence-electron chi connectivity index (χ0n) is 20.7. The smallest absolute Gasteiger partial charge is 0.265 e. The van der Waals surface area contributed by atoms with Crippen LogP contribution in [0.5, 0.6) is 5.75 Å². The van der Waals surface area contributed by atoms with Crippen molar-refractivity contribution >= 4 is 44.5 Å². The van der Waals surface area contributed by atoms with Gasteiger partial charge >= 0.3 is 0 Å². The predicted molar refractivity (Wildman–Crippen MR) is 153 cm³/mol. The molecule has 0 bridgehead atoms. The van der Waals surface area contributed by atoms with E-state index in [9.17, 15) is 14.7 Å². The second-order valence-corrected chi connectivity index (χ2v) is 9.12. The van der Waals surface area contributed by atoms with E-state index in [-0.39, 0.29) is 11.3 Å². The van der Waals surface area contributed by atoms with Gasteiger partial charge in [-0.15, -0.1) is 0 Å². The third kappa shape index (κ3) is 3.73. The van der Waals surface area contributed by atoms with E-state index in [4.69, 9.17) is 0 Å². The lowest BCUT2D eigenvalue weighted by molar-refractivity contribution is 0.103. The number of benzene rings is 5. The zero-order valence-corrected chi connectivity index (χ0v) is 20.7. The molecule has 5 nitrogen and oxygen atoms in total. The van der Waals surface area contributed by atoms with Crippen molar-refractivity contribution in [3.63, 3.8) is 0 Å². The van der Waals surface area contributed by atoms with Crippen molar-refractivity contribution in [2.24, 2.45) is 7.05 Å². The Labute approximate surface area is 219 Å². The molecule has 0 atom stereocenters. The number of pyridine rings is 1. The molecule has 0 saturated carbocycles. The molecule has 1 aromatic heterocycles. The van der Waals surface area contributed by atoms with Crippen molar-refractivity contribution in [3.05, 3.63) is 143 Å². The van der Waals surface area contributed by atoms with Gasteiger partial charge in [-0.25, -0.2) is 0 Å². The monoisotopic (exact) mass is 496 g/mol. The Hall–Kier alpha value is -5.16. The molecule has 0 spiro atoms. The predicted octanol–water partition coefficient (Wildman–Crippen LogP) is 7.10. The maximum absolute atomic E-state index is 13.9. The number of aromatic hydroxyl groups is 1. The van der Waals surface area contributed by atoms with Crippen LogP contribution in [0.1, 0.15) is 15.9 Å². The molecular weight excluding hydrogens is 472 g/mol. The number of anilines is 3. The maximum Gasteiger partial charge on any atom is 0.265 e. The summed E-state index contributed by atoms with van der Waals surface area (Å²) in [6.07, 6.45) is 0.